The molecule has 232 valence electrons. The first-order chi connectivity index (χ1) is 21.0. The molecule has 0 radical (unpaired) electrons. The second-order valence-corrected chi connectivity index (χ2v) is 13.2. The topological polar surface area (TPSA) is 50.9 Å². The number of pyridine rings is 1. The summed E-state index contributed by atoms with van der Waals surface area (Å²) >= 11 is 0. The van der Waals surface area contributed by atoms with Gasteiger partial charge in [-0.05, 0) is 58.2 Å². The number of nitrogens with zero attached hydrogens (tertiary/aromatic N) is 3. The van der Waals surface area contributed by atoms with Gasteiger partial charge in [-0.3, -0.25) is 4.57 Å². The minimum absolute atomic E-state index is 0. The largest absolute Gasteiger partial charge is 0.507 e. The molecular weight excluding hydrogens is 734 g/mol. The number of hydrogen-bond acceptors (Lipinski definition) is 3. The third-order valence-electron chi connectivity index (χ3n) is 8.36. The molecule has 0 atom stereocenters. The second-order valence-electron chi connectivity index (χ2n) is 13.2. The Labute approximate surface area is 281 Å². The van der Waals surface area contributed by atoms with E-state index in [1.807, 2.05) is 30.3 Å². The first kappa shape index (κ1) is 32.4. The summed E-state index contributed by atoms with van der Waals surface area (Å²) in [7, 11) is 0. The first-order valence-electron chi connectivity index (χ1n) is 15.5. The van der Waals surface area contributed by atoms with Gasteiger partial charge in [0.25, 0.3) is 0 Å². The number of phenols is 1. The maximum absolute atomic E-state index is 10.8. The van der Waals surface area contributed by atoms with Crippen LogP contribution in [0.4, 0.5) is 0 Å². The molecule has 0 aliphatic rings. The minimum atomic E-state index is -0.152. The van der Waals surface area contributed by atoms with Crippen molar-refractivity contribution < 1.29 is 26.2 Å². The van der Waals surface area contributed by atoms with Crippen molar-refractivity contribution >= 4 is 10.8 Å². The van der Waals surface area contributed by atoms with Crippen molar-refractivity contribution in [2.24, 2.45) is 0 Å². The number of fused-ring (bicyclic) bond motifs is 1. The molecule has 4 nitrogen and oxygen atoms in total. The molecule has 5 heteroatoms. The number of hydrogen-bond donors (Lipinski definition) is 1. The molecule has 45 heavy (non-hydrogen) atoms. The zero-order valence-electron chi connectivity index (χ0n) is 27.0. The third kappa shape index (κ3) is 6.26. The molecule has 2 heterocycles. The molecule has 0 amide bonds. The summed E-state index contributed by atoms with van der Waals surface area (Å²) in [5.74, 6) is 1.59. The fraction of sp³-hybridized carbons (Fsp3) is 0.250. The van der Waals surface area contributed by atoms with E-state index in [0.29, 0.717) is 17.4 Å². The van der Waals surface area contributed by atoms with Gasteiger partial charge >= 0.3 is 0 Å². The van der Waals surface area contributed by atoms with E-state index in [1.54, 1.807) is 6.07 Å². The fourth-order valence-electron chi connectivity index (χ4n) is 5.92. The van der Waals surface area contributed by atoms with Gasteiger partial charge in [0.2, 0.25) is 0 Å². The minimum Gasteiger partial charge on any atom is -0.507 e. The Hall–Kier alpha value is -4.01. The van der Waals surface area contributed by atoms with E-state index in [1.165, 1.54) is 11.1 Å². The fourth-order valence-corrected chi connectivity index (χ4v) is 5.92. The van der Waals surface area contributed by atoms with Crippen molar-refractivity contribution in [3.05, 3.63) is 120 Å². The molecule has 0 fully saturated rings. The Morgan fingerprint density at radius 1 is 0.711 bits per heavy atom. The normalized spacial score (nSPS) is 11.8. The maximum Gasteiger partial charge on any atom is 0.163 e. The van der Waals surface area contributed by atoms with Gasteiger partial charge in [0.05, 0.1) is 11.4 Å². The van der Waals surface area contributed by atoms with Crippen LogP contribution in [-0.2, 0) is 26.5 Å². The van der Waals surface area contributed by atoms with Crippen LogP contribution in [0, 0.1) is 6.07 Å². The van der Waals surface area contributed by atoms with Crippen molar-refractivity contribution in [2.75, 3.05) is 0 Å². The average molecular weight is 774 g/mol. The van der Waals surface area contributed by atoms with E-state index in [0.717, 1.165) is 50.5 Å². The number of para-hydroxylation sites is 2. The molecule has 6 aromatic rings. The molecule has 2 aromatic heterocycles. The van der Waals surface area contributed by atoms with Crippen LogP contribution < -0.4 is 0 Å². The summed E-state index contributed by atoms with van der Waals surface area (Å²) in [6.07, 6.45) is 2.17. The van der Waals surface area contributed by atoms with Crippen LogP contribution in [0.25, 0.3) is 50.5 Å². The standard InChI is InChI=1S/C40H40N3O.Pt/c1-25(2)29-18-13-19-30(26(3)4)38(29)43-24-36(32-20-12-15-27-14-8-9-16-31(27)32)42-39(43)35-23-28(40(5,6)7)22-34(41-35)33-17-10-11-21-37(33)44;/h8-15,17-26,44H,1-7H3;/q-1;. The van der Waals surface area contributed by atoms with Gasteiger partial charge in [-0.25, -0.2) is 9.97 Å². The average Bonchev–Trinajstić information content (AvgIpc) is 3.45. The van der Waals surface area contributed by atoms with Crippen molar-refractivity contribution in [2.45, 2.75) is 65.7 Å². The van der Waals surface area contributed by atoms with E-state index in [-0.39, 0.29) is 32.2 Å². The van der Waals surface area contributed by atoms with E-state index >= 15 is 0 Å². The van der Waals surface area contributed by atoms with Gasteiger partial charge in [-0.2, -0.15) is 0 Å². The molecule has 0 saturated carbocycles. The molecule has 0 aliphatic carbocycles. The van der Waals surface area contributed by atoms with Gasteiger partial charge < -0.3 is 5.11 Å². The molecule has 4 aromatic carbocycles. The Balaban J connectivity index is 0.00000400. The second kappa shape index (κ2) is 12.8. The quantitative estimate of drug-likeness (QED) is 0.172. The third-order valence-corrected chi connectivity index (χ3v) is 8.36. The summed E-state index contributed by atoms with van der Waals surface area (Å²) in [5, 5.41) is 13.0. The summed E-state index contributed by atoms with van der Waals surface area (Å²) in [6.45, 7) is 15.6. The summed E-state index contributed by atoms with van der Waals surface area (Å²) < 4.78 is 2.26. The predicted octanol–water partition coefficient (Wildman–Crippen LogP) is 10.5. The Kier molecular flexibility index (Phi) is 9.19. The summed E-state index contributed by atoms with van der Waals surface area (Å²) in [6, 6.07) is 34.2. The Morgan fingerprint density at radius 2 is 1.33 bits per heavy atom. The van der Waals surface area contributed by atoms with Crippen molar-refractivity contribution in [1.29, 1.82) is 0 Å². The van der Waals surface area contributed by atoms with Gasteiger partial charge in [0, 0.05) is 38.5 Å². The van der Waals surface area contributed by atoms with Crippen molar-refractivity contribution in [3.8, 4) is 45.5 Å². The van der Waals surface area contributed by atoms with Gasteiger partial charge in [-0.15, -0.1) is 35.0 Å². The zero-order valence-corrected chi connectivity index (χ0v) is 29.3. The Morgan fingerprint density at radius 3 is 2.00 bits per heavy atom. The number of phenolic OH excluding ortho intramolecular Hbond substituents is 1. The number of rotatable bonds is 6. The SMILES string of the molecule is CC(C)c1cccc(C(C)C)c1-n1cc(-c2cccc3ccc[c-]c23)nc1-c1cc(C(C)(C)C)cc(-c2ccccc2O)n1.[Pt]. The summed E-state index contributed by atoms with van der Waals surface area (Å²) in [5.41, 5.74) is 8.74. The van der Waals surface area contributed by atoms with E-state index < -0.39 is 0 Å². The molecule has 0 saturated heterocycles. The number of aromatic hydroxyl groups is 1. The molecular formula is C40H40N3OPt-. The molecule has 0 spiro atoms. The van der Waals surface area contributed by atoms with E-state index in [9.17, 15) is 5.11 Å². The van der Waals surface area contributed by atoms with Crippen molar-refractivity contribution in [3.63, 3.8) is 0 Å². The van der Waals surface area contributed by atoms with Crippen LogP contribution in [0.2, 0.25) is 0 Å². The molecule has 0 aliphatic heterocycles. The van der Waals surface area contributed by atoms with Crippen molar-refractivity contribution in [1.82, 2.24) is 14.5 Å². The number of benzene rings is 4. The van der Waals surface area contributed by atoms with Crippen LogP contribution in [0.5, 0.6) is 5.75 Å². The maximum atomic E-state index is 10.8. The van der Waals surface area contributed by atoms with Crippen LogP contribution in [-0.4, -0.2) is 19.6 Å². The molecule has 0 bridgehead atoms. The van der Waals surface area contributed by atoms with Gasteiger partial charge in [-0.1, -0.05) is 103 Å². The monoisotopic (exact) mass is 773 g/mol. The Bertz CT molecular complexity index is 1950. The molecule has 0 unspecified atom stereocenters. The van der Waals surface area contributed by atoms with Gasteiger partial charge in [0.15, 0.2) is 5.82 Å². The predicted molar refractivity (Wildman–Crippen MR) is 183 cm³/mol. The van der Waals surface area contributed by atoms with Crippen LogP contribution in [0.15, 0.2) is 97.2 Å². The number of imidazole rings is 1. The van der Waals surface area contributed by atoms with Gasteiger partial charge in [0.1, 0.15) is 11.4 Å². The molecule has 1 N–H and O–H groups in total. The zero-order chi connectivity index (χ0) is 31.2. The first-order valence-corrected chi connectivity index (χ1v) is 15.5. The van der Waals surface area contributed by atoms with E-state index in [2.05, 4.69) is 120 Å². The summed E-state index contributed by atoms with van der Waals surface area (Å²) in [4.78, 5) is 10.6. The molecule has 6 rings (SSSR count). The van der Waals surface area contributed by atoms with Crippen LogP contribution >= 0.6 is 0 Å². The smallest absolute Gasteiger partial charge is 0.163 e. The number of aromatic nitrogens is 3. The van der Waals surface area contributed by atoms with Crippen LogP contribution in [0.1, 0.15) is 77.0 Å². The van der Waals surface area contributed by atoms with E-state index in [4.69, 9.17) is 9.97 Å². The van der Waals surface area contributed by atoms with Crippen LogP contribution in [0.3, 0.4) is 0 Å².